The first kappa shape index (κ1) is 21.5. The van der Waals surface area contributed by atoms with E-state index in [9.17, 15) is 22.4 Å². The van der Waals surface area contributed by atoms with Crippen LogP contribution in [0.15, 0.2) is 53.4 Å². The largest absolute Gasteiger partial charge is 0.451 e. The zero-order valence-corrected chi connectivity index (χ0v) is 16.4. The predicted molar refractivity (Wildman–Crippen MR) is 102 cm³/mol. The summed E-state index contributed by atoms with van der Waals surface area (Å²) in [5, 5.41) is 2.59. The molecule has 7 nitrogen and oxygen atoms in total. The van der Waals surface area contributed by atoms with Crippen molar-refractivity contribution in [2.24, 2.45) is 0 Å². The van der Waals surface area contributed by atoms with Gasteiger partial charge in [0.15, 0.2) is 6.10 Å². The van der Waals surface area contributed by atoms with Gasteiger partial charge in [0.1, 0.15) is 16.8 Å². The summed E-state index contributed by atoms with van der Waals surface area (Å²) < 4.78 is 45.2. The Bertz CT molecular complexity index is 961. The van der Waals surface area contributed by atoms with Gasteiger partial charge < -0.3 is 10.1 Å². The number of anilines is 1. The molecule has 9 heteroatoms. The smallest absolute Gasteiger partial charge is 0.324 e. The van der Waals surface area contributed by atoms with E-state index in [1.165, 1.54) is 26.0 Å². The van der Waals surface area contributed by atoms with Crippen molar-refractivity contribution < 1.29 is 27.1 Å². The van der Waals surface area contributed by atoms with Gasteiger partial charge in [-0.25, -0.2) is 12.8 Å². The number of hydrogen-bond acceptors (Lipinski definition) is 5. The second-order valence-corrected chi connectivity index (χ2v) is 7.89. The monoisotopic (exact) mass is 408 g/mol. The van der Waals surface area contributed by atoms with Crippen molar-refractivity contribution in [3.8, 4) is 0 Å². The fourth-order valence-corrected chi connectivity index (χ4v) is 3.49. The second kappa shape index (κ2) is 8.94. The highest BCUT2D eigenvalue weighted by Crippen LogP contribution is 2.14. The maximum atomic E-state index is 13.7. The van der Waals surface area contributed by atoms with Crippen LogP contribution in [-0.2, 0) is 24.3 Å². The van der Waals surface area contributed by atoms with Gasteiger partial charge in [-0.1, -0.05) is 29.8 Å². The number of carbonyl (C=O) groups excluding carboxylic acids is 2. The first-order chi connectivity index (χ1) is 13.1. The van der Waals surface area contributed by atoms with Gasteiger partial charge in [0, 0.05) is 5.69 Å². The van der Waals surface area contributed by atoms with Crippen molar-refractivity contribution in [3.05, 3.63) is 59.9 Å². The van der Waals surface area contributed by atoms with Crippen LogP contribution < -0.4 is 10.0 Å². The Balaban J connectivity index is 1.96. The van der Waals surface area contributed by atoms with E-state index in [4.69, 9.17) is 4.74 Å². The number of sulfonamides is 1. The molecule has 0 aliphatic heterocycles. The summed E-state index contributed by atoms with van der Waals surface area (Å²) in [6.07, 6.45) is -1.16. The van der Waals surface area contributed by atoms with Gasteiger partial charge in [-0.05, 0) is 45.0 Å². The average molecular weight is 408 g/mol. The predicted octanol–water partition coefficient (Wildman–Crippen LogP) is 2.37. The van der Waals surface area contributed by atoms with Gasteiger partial charge in [0.25, 0.3) is 5.91 Å². The van der Waals surface area contributed by atoms with Crippen LogP contribution in [0.3, 0.4) is 0 Å². The van der Waals surface area contributed by atoms with Gasteiger partial charge in [0.05, 0.1) is 0 Å². The molecule has 0 bridgehead atoms. The lowest BCUT2D eigenvalue weighted by atomic mass is 10.2. The van der Waals surface area contributed by atoms with Crippen LogP contribution in [0.25, 0.3) is 0 Å². The summed E-state index contributed by atoms with van der Waals surface area (Å²) in [4.78, 5) is 23.7. The molecular formula is C19H21FN2O5S. The third-order valence-electron chi connectivity index (χ3n) is 3.79. The van der Waals surface area contributed by atoms with E-state index in [2.05, 4.69) is 5.32 Å². The Morgan fingerprint density at radius 2 is 1.64 bits per heavy atom. The van der Waals surface area contributed by atoms with Crippen LogP contribution in [0.4, 0.5) is 10.1 Å². The maximum absolute atomic E-state index is 13.7. The lowest BCUT2D eigenvalue weighted by Gasteiger charge is -2.18. The highest BCUT2D eigenvalue weighted by atomic mass is 32.2. The van der Waals surface area contributed by atoms with Gasteiger partial charge in [-0.3, -0.25) is 9.59 Å². The molecule has 2 rings (SSSR count). The third kappa shape index (κ3) is 5.61. The average Bonchev–Trinajstić information content (AvgIpc) is 2.63. The van der Waals surface area contributed by atoms with E-state index in [0.29, 0.717) is 5.69 Å². The molecule has 0 radical (unpaired) electrons. The summed E-state index contributed by atoms with van der Waals surface area (Å²) in [6.45, 7) is 4.50. The number of aryl methyl sites for hydroxylation is 1. The molecule has 2 N–H and O–H groups in total. The van der Waals surface area contributed by atoms with Crippen LogP contribution >= 0.6 is 0 Å². The number of benzene rings is 2. The normalized spacial score (nSPS) is 13.4. The van der Waals surface area contributed by atoms with Crippen molar-refractivity contribution in [1.82, 2.24) is 4.72 Å². The molecule has 150 valence electrons. The maximum Gasteiger partial charge on any atom is 0.324 e. The lowest BCUT2D eigenvalue weighted by Crippen LogP contribution is -2.42. The number of amides is 1. The summed E-state index contributed by atoms with van der Waals surface area (Å²) >= 11 is 0. The summed E-state index contributed by atoms with van der Waals surface area (Å²) in [5.74, 6) is -2.48. The summed E-state index contributed by atoms with van der Waals surface area (Å²) in [5.41, 5.74) is 1.56. The molecule has 2 aromatic rings. The van der Waals surface area contributed by atoms with E-state index >= 15 is 0 Å². The van der Waals surface area contributed by atoms with Crippen LogP contribution in [0.5, 0.6) is 0 Å². The molecule has 0 aromatic heterocycles. The SMILES string of the molecule is Cc1ccc(NC(=O)[C@H](C)OC(=O)[C@H](C)NS(=O)(=O)c2ccccc2F)cc1. The molecule has 0 fully saturated rings. The molecule has 2 aromatic carbocycles. The third-order valence-corrected chi connectivity index (χ3v) is 5.37. The number of hydrogen-bond donors (Lipinski definition) is 2. The molecule has 0 heterocycles. The number of carbonyl (C=O) groups is 2. The molecule has 0 saturated carbocycles. The number of rotatable bonds is 7. The molecule has 0 aliphatic rings. The number of ether oxygens (including phenoxy) is 1. The Kier molecular flexibility index (Phi) is 6.87. The fourth-order valence-electron chi connectivity index (χ4n) is 2.22. The highest BCUT2D eigenvalue weighted by molar-refractivity contribution is 7.89. The number of esters is 1. The Labute approximate surface area is 163 Å². The topological polar surface area (TPSA) is 102 Å². The van der Waals surface area contributed by atoms with E-state index in [1.54, 1.807) is 12.1 Å². The Morgan fingerprint density at radius 3 is 2.25 bits per heavy atom. The fraction of sp³-hybridized carbons (Fsp3) is 0.263. The van der Waals surface area contributed by atoms with E-state index in [-0.39, 0.29) is 0 Å². The van der Waals surface area contributed by atoms with E-state index in [1.807, 2.05) is 23.8 Å². The molecule has 0 unspecified atom stereocenters. The summed E-state index contributed by atoms with van der Waals surface area (Å²) in [7, 11) is -4.27. The molecule has 0 saturated heterocycles. The van der Waals surface area contributed by atoms with Crippen LogP contribution in [0.2, 0.25) is 0 Å². The first-order valence-electron chi connectivity index (χ1n) is 8.45. The Morgan fingerprint density at radius 1 is 1.04 bits per heavy atom. The molecule has 28 heavy (non-hydrogen) atoms. The van der Waals surface area contributed by atoms with Gasteiger partial charge >= 0.3 is 5.97 Å². The van der Waals surface area contributed by atoms with Crippen molar-refractivity contribution in [1.29, 1.82) is 0 Å². The minimum absolute atomic E-state index is 0.534. The highest BCUT2D eigenvalue weighted by Gasteiger charge is 2.27. The van der Waals surface area contributed by atoms with Crippen LogP contribution in [0.1, 0.15) is 19.4 Å². The van der Waals surface area contributed by atoms with E-state index < -0.39 is 44.8 Å². The van der Waals surface area contributed by atoms with Gasteiger partial charge in [0.2, 0.25) is 10.0 Å². The summed E-state index contributed by atoms with van der Waals surface area (Å²) in [6, 6.07) is 10.5. The molecular weight excluding hydrogens is 387 g/mol. The second-order valence-electron chi connectivity index (χ2n) is 6.21. The Hall–Kier alpha value is -2.78. The first-order valence-corrected chi connectivity index (χ1v) is 9.93. The molecule has 1 amide bonds. The van der Waals surface area contributed by atoms with Crippen LogP contribution in [-0.4, -0.2) is 32.4 Å². The van der Waals surface area contributed by atoms with Gasteiger partial charge in [-0.2, -0.15) is 4.72 Å². The minimum atomic E-state index is -4.27. The van der Waals surface area contributed by atoms with E-state index in [0.717, 1.165) is 17.7 Å². The zero-order chi connectivity index (χ0) is 20.9. The van der Waals surface area contributed by atoms with Crippen molar-refractivity contribution in [3.63, 3.8) is 0 Å². The van der Waals surface area contributed by atoms with Crippen LogP contribution in [0, 0.1) is 12.7 Å². The minimum Gasteiger partial charge on any atom is -0.451 e. The number of halogens is 1. The lowest BCUT2D eigenvalue weighted by molar-refractivity contribution is -0.154. The zero-order valence-electron chi connectivity index (χ0n) is 15.6. The molecule has 0 aliphatic carbocycles. The van der Waals surface area contributed by atoms with Crippen molar-refractivity contribution >= 4 is 27.6 Å². The molecule has 0 spiro atoms. The van der Waals surface area contributed by atoms with Crippen molar-refractivity contribution in [2.75, 3.05) is 5.32 Å². The van der Waals surface area contributed by atoms with Crippen molar-refractivity contribution in [2.45, 2.75) is 37.8 Å². The number of nitrogens with one attached hydrogen (secondary N) is 2. The molecule has 2 atom stereocenters. The van der Waals surface area contributed by atoms with Gasteiger partial charge in [-0.15, -0.1) is 0 Å². The standard InChI is InChI=1S/C19H21FN2O5S/c1-12-8-10-15(11-9-12)21-18(23)14(3)27-19(24)13(2)22-28(25,26)17-7-5-4-6-16(17)20/h4-11,13-14,22H,1-3H3,(H,21,23)/t13-,14-/m0/s1. The quantitative estimate of drug-likeness (QED) is 0.685.